The Morgan fingerprint density at radius 1 is 1.07 bits per heavy atom. The van der Waals surface area contributed by atoms with E-state index in [-0.39, 0.29) is 41.2 Å². The van der Waals surface area contributed by atoms with Crippen molar-refractivity contribution in [3.63, 3.8) is 0 Å². The van der Waals surface area contributed by atoms with E-state index in [0.717, 1.165) is 36.1 Å². The molecule has 0 aliphatic heterocycles. The van der Waals surface area contributed by atoms with Crippen molar-refractivity contribution in [1.82, 2.24) is 10.2 Å². The zero-order valence-corrected chi connectivity index (χ0v) is 27.0. The molecule has 1 unspecified atom stereocenters. The second-order valence-electron chi connectivity index (χ2n) is 11.0. The highest BCUT2D eigenvalue weighted by atomic mass is 35.5. The molecule has 2 amide bonds. The third-order valence-corrected chi connectivity index (χ3v) is 9.98. The maximum atomic E-state index is 14.3. The molecule has 45 heavy (non-hydrogen) atoms. The van der Waals surface area contributed by atoms with Gasteiger partial charge in [0.1, 0.15) is 18.3 Å². The molecule has 240 valence electrons. The maximum absolute atomic E-state index is 14.3. The Balaban J connectivity index is 1.75. The summed E-state index contributed by atoms with van der Waals surface area (Å²) in [5.41, 5.74) is 0.769. The first-order chi connectivity index (χ1) is 21.4. The van der Waals surface area contributed by atoms with Crippen LogP contribution in [0.1, 0.15) is 50.2 Å². The van der Waals surface area contributed by atoms with Gasteiger partial charge in [-0.2, -0.15) is 0 Å². The van der Waals surface area contributed by atoms with Crippen molar-refractivity contribution in [1.29, 1.82) is 0 Å². The summed E-state index contributed by atoms with van der Waals surface area (Å²) in [4.78, 5) is 39.8. The second kappa shape index (κ2) is 14.7. The van der Waals surface area contributed by atoms with Crippen molar-refractivity contribution in [3.8, 4) is 5.75 Å². The maximum Gasteiger partial charge on any atom is 0.273 e. The minimum Gasteiger partial charge on any atom is -0.497 e. The van der Waals surface area contributed by atoms with E-state index < -0.39 is 33.4 Å². The normalized spacial score (nSPS) is 14.0. The number of nitro benzene ring substituents is 1. The van der Waals surface area contributed by atoms with E-state index in [1.807, 2.05) is 0 Å². The standard InChI is InChI=1S/C32H37ClN4O7S/c1-4-29(32(39)34-25-7-5-6-8-25)35(20-23-10-12-24(33)13-11-23)31(38)21-36(26-14-16-27(44-3)17-15-26)45(42,43)28-18-9-22(2)30(19-28)37(40)41/h9-19,25,29H,4-8,20-21H2,1-3H3,(H,34,39). The molecule has 0 bridgehead atoms. The van der Waals surface area contributed by atoms with E-state index in [9.17, 15) is 28.1 Å². The Kier molecular flexibility index (Phi) is 11.1. The predicted octanol–water partition coefficient (Wildman–Crippen LogP) is 5.63. The lowest BCUT2D eigenvalue weighted by Crippen LogP contribution is -2.53. The van der Waals surface area contributed by atoms with Gasteiger partial charge in [0.15, 0.2) is 0 Å². The van der Waals surface area contributed by atoms with Gasteiger partial charge in [0, 0.05) is 29.2 Å². The van der Waals surface area contributed by atoms with Crippen molar-refractivity contribution < 1.29 is 27.7 Å². The number of nitro groups is 1. The number of amides is 2. The van der Waals surface area contributed by atoms with Gasteiger partial charge in [-0.15, -0.1) is 0 Å². The van der Waals surface area contributed by atoms with Crippen molar-refractivity contribution >= 4 is 44.8 Å². The molecule has 3 aromatic carbocycles. The van der Waals surface area contributed by atoms with Gasteiger partial charge in [-0.05, 0) is 74.2 Å². The topological polar surface area (TPSA) is 139 Å². The fourth-order valence-corrected chi connectivity index (χ4v) is 6.99. The molecule has 4 rings (SSSR count). The second-order valence-corrected chi connectivity index (χ2v) is 13.3. The molecule has 0 saturated heterocycles. The Morgan fingerprint density at radius 2 is 1.71 bits per heavy atom. The highest BCUT2D eigenvalue weighted by molar-refractivity contribution is 7.92. The van der Waals surface area contributed by atoms with Gasteiger partial charge < -0.3 is 15.0 Å². The minimum atomic E-state index is -4.50. The first-order valence-corrected chi connectivity index (χ1v) is 16.5. The summed E-state index contributed by atoms with van der Waals surface area (Å²) in [7, 11) is -3.04. The van der Waals surface area contributed by atoms with Crippen molar-refractivity contribution in [3.05, 3.63) is 93.0 Å². The number of aryl methyl sites for hydroxylation is 1. The van der Waals surface area contributed by atoms with E-state index in [0.29, 0.717) is 21.9 Å². The summed E-state index contributed by atoms with van der Waals surface area (Å²) in [6, 6.07) is 15.7. The Morgan fingerprint density at radius 3 is 2.29 bits per heavy atom. The van der Waals surface area contributed by atoms with E-state index in [2.05, 4.69) is 5.32 Å². The number of halogens is 1. The summed E-state index contributed by atoms with van der Waals surface area (Å²) >= 11 is 6.08. The number of sulfonamides is 1. The molecular weight excluding hydrogens is 620 g/mol. The van der Waals surface area contributed by atoms with Crippen LogP contribution < -0.4 is 14.4 Å². The van der Waals surface area contributed by atoms with Gasteiger partial charge in [0.25, 0.3) is 15.7 Å². The lowest BCUT2D eigenvalue weighted by molar-refractivity contribution is -0.385. The number of ether oxygens (including phenoxy) is 1. The lowest BCUT2D eigenvalue weighted by Gasteiger charge is -2.33. The van der Waals surface area contributed by atoms with Crippen LogP contribution in [0.4, 0.5) is 11.4 Å². The largest absolute Gasteiger partial charge is 0.497 e. The Bertz CT molecular complexity index is 1630. The lowest BCUT2D eigenvalue weighted by atomic mass is 10.1. The number of hydrogen-bond donors (Lipinski definition) is 1. The van der Waals surface area contributed by atoms with Gasteiger partial charge in [-0.1, -0.05) is 49.6 Å². The van der Waals surface area contributed by atoms with Crippen molar-refractivity contribution in [2.75, 3.05) is 18.0 Å². The fraction of sp³-hybridized carbons (Fsp3) is 0.375. The summed E-state index contributed by atoms with van der Waals surface area (Å²) in [5, 5.41) is 15.2. The van der Waals surface area contributed by atoms with E-state index in [1.54, 1.807) is 43.3 Å². The smallest absolute Gasteiger partial charge is 0.273 e. The van der Waals surface area contributed by atoms with Crippen LogP contribution in [0.5, 0.6) is 5.75 Å². The molecule has 11 nitrogen and oxygen atoms in total. The summed E-state index contributed by atoms with van der Waals surface area (Å²) < 4.78 is 34.4. The van der Waals surface area contributed by atoms with Crippen LogP contribution in [0.3, 0.4) is 0 Å². The number of anilines is 1. The third kappa shape index (κ3) is 8.12. The molecule has 3 aromatic rings. The van der Waals surface area contributed by atoms with Crippen LogP contribution in [-0.2, 0) is 26.2 Å². The SMILES string of the molecule is CCC(C(=O)NC1CCCC1)N(Cc1ccc(Cl)cc1)C(=O)CN(c1ccc(OC)cc1)S(=O)(=O)c1ccc(C)c([N+](=O)[O-])c1. The Hall–Kier alpha value is -4.16. The number of nitrogens with one attached hydrogen (secondary N) is 1. The molecule has 1 aliphatic carbocycles. The summed E-state index contributed by atoms with van der Waals surface area (Å²) in [5.74, 6) is -0.466. The van der Waals surface area contributed by atoms with Crippen LogP contribution in [-0.4, -0.2) is 55.8 Å². The molecular formula is C32H37ClN4O7S. The molecule has 13 heteroatoms. The van der Waals surface area contributed by atoms with Gasteiger partial charge in [-0.3, -0.25) is 24.0 Å². The average Bonchev–Trinajstić information content (AvgIpc) is 3.53. The van der Waals surface area contributed by atoms with Crippen LogP contribution in [0.15, 0.2) is 71.6 Å². The minimum absolute atomic E-state index is 0.0209. The molecule has 1 fully saturated rings. The zero-order valence-electron chi connectivity index (χ0n) is 25.4. The van der Waals surface area contributed by atoms with Crippen LogP contribution in [0.2, 0.25) is 5.02 Å². The number of rotatable bonds is 13. The van der Waals surface area contributed by atoms with Crippen LogP contribution in [0, 0.1) is 17.0 Å². The molecule has 0 radical (unpaired) electrons. The number of benzene rings is 3. The molecule has 0 heterocycles. The number of carbonyl (C=O) groups is 2. The molecule has 0 aromatic heterocycles. The van der Waals surface area contributed by atoms with Crippen molar-refractivity contribution in [2.24, 2.45) is 0 Å². The number of nitrogens with zero attached hydrogens (tertiary/aromatic N) is 3. The zero-order chi connectivity index (χ0) is 32.7. The molecule has 1 aliphatic rings. The van der Waals surface area contributed by atoms with E-state index in [4.69, 9.17) is 16.3 Å². The average molecular weight is 657 g/mol. The van der Waals surface area contributed by atoms with E-state index >= 15 is 0 Å². The first-order valence-electron chi connectivity index (χ1n) is 14.7. The van der Waals surface area contributed by atoms with Gasteiger partial charge >= 0.3 is 0 Å². The number of carbonyl (C=O) groups excluding carboxylic acids is 2. The molecule has 1 N–H and O–H groups in total. The first kappa shape index (κ1) is 33.7. The predicted molar refractivity (Wildman–Crippen MR) is 172 cm³/mol. The Labute approximate surface area is 268 Å². The third-order valence-electron chi connectivity index (χ3n) is 7.96. The van der Waals surface area contributed by atoms with E-state index in [1.165, 1.54) is 43.2 Å². The molecule has 1 saturated carbocycles. The van der Waals surface area contributed by atoms with Gasteiger partial charge in [-0.25, -0.2) is 8.42 Å². The monoisotopic (exact) mass is 656 g/mol. The van der Waals surface area contributed by atoms with Crippen LogP contribution >= 0.6 is 11.6 Å². The van der Waals surface area contributed by atoms with Crippen molar-refractivity contribution in [2.45, 2.75) is 69.5 Å². The van der Waals surface area contributed by atoms with Gasteiger partial charge in [0.2, 0.25) is 11.8 Å². The highest BCUT2D eigenvalue weighted by Crippen LogP contribution is 2.30. The number of methoxy groups -OCH3 is 1. The highest BCUT2D eigenvalue weighted by Gasteiger charge is 2.35. The summed E-state index contributed by atoms with van der Waals surface area (Å²) in [6.45, 7) is 2.66. The fourth-order valence-electron chi connectivity index (χ4n) is 5.42. The number of hydrogen-bond acceptors (Lipinski definition) is 7. The molecule has 0 spiro atoms. The quantitative estimate of drug-likeness (QED) is 0.186. The van der Waals surface area contributed by atoms with Crippen LogP contribution in [0.25, 0.3) is 0 Å². The molecule has 1 atom stereocenters. The summed E-state index contributed by atoms with van der Waals surface area (Å²) in [6.07, 6.45) is 4.04. The van der Waals surface area contributed by atoms with Gasteiger partial charge in [0.05, 0.1) is 22.6 Å².